The van der Waals surface area contributed by atoms with Crippen LogP contribution in [-0.4, -0.2) is 29.8 Å². The van der Waals surface area contributed by atoms with Crippen LogP contribution in [0.3, 0.4) is 0 Å². The van der Waals surface area contributed by atoms with Crippen molar-refractivity contribution < 1.29 is 14.6 Å². The van der Waals surface area contributed by atoms with Crippen molar-refractivity contribution in [1.29, 1.82) is 0 Å². The molecule has 1 saturated carbocycles. The van der Waals surface area contributed by atoms with Crippen molar-refractivity contribution in [1.82, 2.24) is 0 Å². The van der Waals surface area contributed by atoms with E-state index in [-0.39, 0.29) is 12.1 Å². The van der Waals surface area contributed by atoms with Gasteiger partial charge in [0.15, 0.2) is 0 Å². The Hall–Kier alpha value is -1.75. The molecular formula is C15H22N2O3. The fourth-order valence-corrected chi connectivity index (χ4v) is 2.52. The van der Waals surface area contributed by atoms with Crippen molar-refractivity contribution in [2.24, 2.45) is 0 Å². The number of hydrogen-bond donors (Lipinski definition) is 3. The number of ether oxygens (including phenoxy) is 1. The summed E-state index contributed by atoms with van der Waals surface area (Å²) in [4.78, 5) is 11.8. The number of carbonyl (C=O) groups is 1. The van der Waals surface area contributed by atoms with Gasteiger partial charge in [-0.1, -0.05) is 6.07 Å². The Morgan fingerprint density at radius 1 is 1.40 bits per heavy atom. The lowest BCUT2D eigenvalue weighted by Crippen LogP contribution is -2.28. The minimum absolute atomic E-state index is 0.184. The minimum Gasteiger partial charge on any atom is -0.462 e. The van der Waals surface area contributed by atoms with Crippen molar-refractivity contribution >= 4 is 17.3 Å². The van der Waals surface area contributed by atoms with Gasteiger partial charge in [0.2, 0.25) is 0 Å². The minimum atomic E-state index is -0.396. The first kappa shape index (κ1) is 14.7. The average molecular weight is 278 g/mol. The van der Waals surface area contributed by atoms with Gasteiger partial charge in [0.25, 0.3) is 0 Å². The zero-order chi connectivity index (χ0) is 14.5. The van der Waals surface area contributed by atoms with Gasteiger partial charge in [-0.3, -0.25) is 0 Å². The summed E-state index contributed by atoms with van der Waals surface area (Å²) >= 11 is 0. The zero-order valence-electron chi connectivity index (χ0n) is 11.8. The first-order chi connectivity index (χ1) is 9.61. The van der Waals surface area contributed by atoms with E-state index >= 15 is 0 Å². The molecule has 1 aromatic carbocycles. The van der Waals surface area contributed by atoms with Gasteiger partial charge in [-0.2, -0.15) is 0 Å². The molecule has 110 valence electrons. The number of esters is 1. The number of benzene rings is 1. The van der Waals surface area contributed by atoms with Crippen LogP contribution in [0.15, 0.2) is 18.2 Å². The summed E-state index contributed by atoms with van der Waals surface area (Å²) in [5.41, 5.74) is 7.63. The van der Waals surface area contributed by atoms with E-state index in [4.69, 9.17) is 10.5 Å². The van der Waals surface area contributed by atoms with Gasteiger partial charge in [0.1, 0.15) is 0 Å². The Morgan fingerprint density at radius 3 is 2.75 bits per heavy atom. The molecule has 1 aliphatic carbocycles. The van der Waals surface area contributed by atoms with E-state index in [1.165, 1.54) is 0 Å². The van der Waals surface area contributed by atoms with Crippen molar-refractivity contribution in [2.75, 3.05) is 17.7 Å². The molecule has 0 saturated heterocycles. The molecule has 1 fully saturated rings. The number of para-hydroxylation sites is 1. The second-order valence-electron chi connectivity index (χ2n) is 5.14. The van der Waals surface area contributed by atoms with Crippen molar-refractivity contribution in [2.45, 2.75) is 44.8 Å². The molecule has 0 atom stereocenters. The maximum Gasteiger partial charge on any atom is 0.340 e. The summed E-state index contributed by atoms with van der Waals surface area (Å²) in [6.07, 6.45) is 3.23. The molecule has 0 amide bonds. The number of carbonyl (C=O) groups excluding carboxylic acids is 1. The highest BCUT2D eigenvalue weighted by atomic mass is 16.5. The number of aliphatic hydroxyl groups is 1. The number of nitrogens with two attached hydrogens (primary N) is 1. The third-order valence-electron chi connectivity index (χ3n) is 3.66. The first-order valence-electron chi connectivity index (χ1n) is 7.12. The standard InChI is InChI=1S/C15H22N2O3/c1-2-20-15(19)12-4-3-5-13(14(12)16)17-10-6-8-11(18)9-7-10/h3-5,10-11,17-18H,2,6-9,16H2,1H3. The van der Waals surface area contributed by atoms with Gasteiger partial charge in [-0.25, -0.2) is 4.79 Å². The van der Waals surface area contributed by atoms with E-state index in [9.17, 15) is 9.90 Å². The number of nitrogen functional groups attached to an aromatic ring is 1. The van der Waals surface area contributed by atoms with Crippen molar-refractivity contribution in [3.8, 4) is 0 Å². The summed E-state index contributed by atoms with van der Waals surface area (Å²) in [7, 11) is 0. The Labute approximate surface area is 119 Å². The molecule has 5 heteroatoms. The van der Waals surface area contributed by atoms with Gasteiger partial charge < -0.3 is 20.9 Å². The first-order valence-corrected chi connectivity index (χ1v) is 7.12. The average Bonchev–Trinajstić information content (AvgIpc) is 2.44. The Balaban J connectivity index is 2.08. The van der Waals surface area contributed by atoms with Crippen LogP contribution in [0, 0.1) is 0 Å². The van der Waals surface area contributed by atoms with E-state index in [0.717, 1.165) is 31.4 Å². The van der Waals surface area contributed by atoms with Gasteiger partial charge in [-0.15, -0.1) is 0 Å². The normalized spacial score (nSPS) is 22.3. The van der Waals surface area contributed by atoms with Crippen LogP contribution >= 0.6 is 0 Å². The van der Waals surface area contributed by atoms with Gasteiger partial charge in [0.05, 0.1) is 29.6 Å². The molecule has 0 unspecified atom stereocenters. The monoisotopic (exact) mass is 278 g/mol. The van der Waals surface area contributed by atoms with Crippen LogP contribution in [0.5, 0.6) is 0 Å². The maximum absolute atomic E-state index is 11.8. The molecule has 4 N–H and O–H groups in total. The molecule has 0 radical (unpaired) electrons. The molecule has 20 heavy (non-hydrogen) atoms. The molecule has 0 heterocycles. The molecule has 0 aromatic heterocycles. The number of nitrogens with one attached hydrogen (secondary N) is 1. The lowest BCUT2D eigenvalue weighted by Gasteiger charge is -2.27. The summed E-state index contributed by atoms with van der Waals surface area (Å²) in [6, 6.07) is 5.62. The van der Waals surface area contributed by atoms with E-state index in [2.05, 4.69) is 5.32 Å². The Bertz CT molecular complexity index is 468. The van der Waals surface area contributed by atoms with Crippen LogP contribution in [-0.2, 0) is 4.74 Å². The highest BCUT2D eigenvalue weighted by molar-refractivity contribution is 5.98. The van der Waals surface area contributed by atoms with Gasteiger partial charge >= 0.3 is 5.97 Å². The quantitative estimate of drug-likeness (QED) is 0.580. The largest absolute Gasteiger partial charge is 0.462 e. The van der Waals surface area contributed by atoms with Gasteiger partial charge in [0, 0.05) is 6.04 Å². The van der Waals surface area contributed by atoms with Gasteiger partial charge in [-0.05, 0) is 44.7 Å². The van der Waals surface area contributed by atoms with Crippen LogP contribution in [0.4, 0.5) is 11.4 Å². The second kappa shape index (κ2) is 6.61. The highest BCUT2D eigenvalue weighted by Crippen LogP contribution is 2.28. The van der Waals surface area contributed by atoms with Crippen molar-refractivity contribution in [3.05, 3.63) is 23.8 Å². The fourth-order valence-electron chi connectivity index (χ4n) is 2.52. The van der Waals surface area contributed by atoms with E-state index in [1.54, 1.807) is 19.1 Å². The lowest BCUT2D eigenvalue weighted by molar-refractivity contribution is 0.0527. The molecule has 1 aliphatic rings. The van der Waals surface area contributed by atoms with Crippen LogP contribution < -0.4 is 11.1 Å². The SMILES string of the molecule is CCOC(=O)c1cccc(NC2CCC(O)CC2)c1N. The number of hydrogen-bond acceptors (Lipinski definition) is 5. The molecule has 2 rings (SSSR count). The fraction of sp³-hybridized carbons (Fsp3) is 0.533. The summed E-state index contributed by atoms with van der Waals surface area (Å²) in [6.45, 7) is 2.10. The topological polar surface area (TPSA) is 84.6 Å². The number of anilines is 2. The third kappa shape index (κ3) is 3.42. The maximum atomic E-state index is 11.8. The molecule has 0 spiro atoms. The Morgan fingerprint density at radius 2 is 2.10 bits per heavy atom. The van der Waals surface area contributed by atoms with E-state index < -0.39 is 5.97 Å². The molecule has 0 bridgehead atoms. The molecule has 0 aliphatic heterocycles. The predicted octanol–water partition coefficient (Wildman–Crippen LogP) is 2.16. The van der Waals surface area contributed by atoms with Crippen LogP contribution in [0.25, 0.3) is 0 Å². The third-order valence-corrected chi connectivity index (χ3v) is 3.66. The lowest BCUT2D eigenvalue weighted by atomic mass is 9.93. The molecule has 5 nitrogen and oxygen atoms in total. The molecular weight excluding hydrogens is 256 g/mol. The smallest absolute Gasteiger partial charge is 0.340 e. The summed E-state index contributed by atoms with van der Waals surface area (Å²) in [5, 5.41) is 12.9. The summed E-state index contributed by atoms with van der Waals surface area (Å²) < 4.78 is 4.99. The highest BCUT2D eigenvalue weighted by Gasteiger charge is 2.21. The number of rotatable bonds is 4. The van der Waals surface area contributed by atoms with Crippen molar-refractivity contribution in [3.63, 3.8) is 0 Å². The second-order valence-corrected chi connectivity index (χ2v) is 5.14. The van der Waals surface area contributed by atoms with E-state index in [1.807, 2.05) is 6.07 Å². The van der Waals surface area contributed by atoms with E-state index in [0.29, 0.717) is 17.9 Å². The summed E-state index contributed by atoms with van der Waals surface area (Å²) in [5.74, 6) is -0.396. The molecule has 1 aromatic rings. The zero-order valence-corrected chi connectivity index (χ0v) is 11.8. The predicted molar refractivity (Wildman–Crippen MR) is 78.7 cm³/mol. The van der Waals surface area contributed by atoms with Crippen LogP contribution in [0.2, 0.25) is 0 Å². The number of aliphatic hydroxyl groups excluding tert-OH is 1. The Kier molecular flexibility index (Phi) is 4.84. The van der Waals surface area contributed by atoms with Crippen LogP contribution in [0.1, 0.15) is 43.0 Å².